The van der Waals surface area contributed by atoms with Crippen molar-refractivity contribution in [1.82, 2.24) is 10.3 Å². The van der Waals surface area contributed by atoms with E-state index in [0.29, 0.717) is 0 Å². The smallest absolute Gasteiger partial charge is 0.407 e. The van der Waals surface area contributed by atoms with Gasteiger partial charge in [0.05, 0.1) is 6.04 Å². The lowest BCUT2D eigenvalue weighted by Crippen LogP contribution is -2.30. The molecule has 92 valence electrons. The molecule has 1 heterocycles. The zero-order valence-electron chi connectivity index (χ0n) is 10.1. The van der Waals surface area contributed by atoms with Gasteiger partial charge in [-0.05, 0) is 50.3 Å². The Morgan fingerprint density at radius 1 is 1.41 bits per heavy atom. The summed E-state index contributed by atoms with van der Waals surface area (Å²) in [7, 11) is 0. The number of ether oxygens (including phenoxy) is 1. The summed E-state index contributed by atoms with van der Waals surface area (Å²) >= 11 is 0. The van der Waals surface area contributed by atoms with Gasteiger partial charge >= 0.3 is 6.09 Å². The highest BCUT2D eigenvalue weighted by Crippen LogP contribution is 2.21. The quantitative estimate of drug-likeness (QED) is 0.874. The summed E-state index contributed by atoms with van der Waals surface area (Å²) in [5, 5.41) is 2.83. The van der Waals surface area contributed by atoms with E-state index in [1.165, 1.54) is 0 Å². The molecule has 1 aliphatic carbocycles. The number of pyridine rings is 1. The Labute approximate surface area is 101 Å². The van der Waals surface area contributed by atoms with E-state index in [0.717, 1.165) is 31.2 Å². The second-order valence-corrected chi connectivity index (χ2v) is 4.46. The molecule has 1 amide bonds. The monoisotopic (exact) mass is 234 g/mol. The van der Waals surface area contributed by atoms with Crippen molar-refractivity contribution in [2.24, 2.45) is 0 Å². The van der Waals surface area contributed by atoms with Crippen molar-refractivity contribution < 1.29 is 9.53 Å². The maximum absolute atomic E-state index is 11.6. The average Bonchev–Trinajstić information content (AvgIpc) is 2.82. The van der Waals surface area contributed by atoms with Gasteiger partial charge in [-0.15, -0.1) is 0 Å². The third kappa shape index (κ3) is 3.44. The number of hydrogen-bond acceptors (Lipinski definition) is 3. The lowest BCUT2D eigenvalue weighted by Gasteiger charge is -2.16. The van der Waals surface area contributed by atoms with Crippen LogP contribution < -0.4 is 5.32 Å². The Morgan fingerprint density at radius 2 is 2.06 bits per heavy atom. The lowest BCUT2D eigenvalue weighted by atomic mass is 10.1. The van der Waals surface area contributed by atoms with E-state index in [9.17, 15) is 4.79 Å². The van der Waals surface area contributed by atoms with E-state index in [1.807, 2.05) is 19.1 Å². The predicted molar refractivity (Wildman–Crippen MR) is 64.5 cm³/mol. The Bertz CT molecular complexity index is 361. The molecule has 0 bridgehead atoms. The molecule has 1 aliphatic rings. The summed E-state index contributed by atoms with van der Waals surface area (Å²) < 4.78 is 5.34. The normalized spacial score (nSPS) is 17.7. The Balaban J connectivity index is 1.81. The molecular weight excluding hydrogens is 216 g/mol. The fraction of sp³-hybridized carbons (Fsp3) is 0.538. The number of nitrogens with zero attached hydrogens (tertiary/aromatic N) is 1. The number of rotatable bonds is 3. The second-order valence-electron chi connectivity index (χ2n) is 4.46. The molecule has 1 aromatic heterocycles. The summed E-state index contributed by atoms with van der Waals surface area (Å²) in [5.41, 5.74) is 1.03. The highest BCUT2D eigenvalue weighted by atomic mass is 16.6. The summed E-state index contributed by atoms with van der Waals surface area (Å²) in [6, 6.07) is 3.73. The van der Waals surface area contributed by atoms with Crippen molar-refractivity contribution in [3.05, 3.63) is 30.1 Å². The van der Waals surface area contributed by atoms with Crippen LogP contribution in [0, 0.1) is 0 Å². The SMILES string of the molecule is C[C@H](NC(=O)OC1CCCC1)c1ccncc1. The molecule has 1 saturated carbocycles. The summed E-state index contributed by atoms with van der Waals surface area (Å²) in [4.78, 5) is 15.6. The molecule has 2 rings (SSSR count). The third-order valence-corrected chi connectivity index (χ3v) is 3.12. The summed E-state index contributed by atoms with van der Waals surface area (Å²) in [6.07, 6.45) is 7.55. The first-order valence-corrected chi connectivity index (χ1v) is 6.13. The second kappa shape index (κ2) is 5.66. The zero-order chi connectivity index (χ0) is 12.1. The molecule has 0 aliphatic heterocycles. The average molecular weight is 234 g/mol. The van der Waals surface area contributed by atoms with Crippen LogP contribution in [0.5, 0.6) is 0 Å². The molecule has 4 nitrogen and oxygen atoms in total. The van der Waals surface area contributed by atoms with Crippen LogP contribution in [0.4, 0.5) is 4.79 Å². The van der Waals surface area contributed by atoms with Crippen LogP contribution >= 0.6 is 0 Å². The van der Waals surface area contributed by atoms with Crippen molar-refractivity contribution in [3.8, 4) is 0 Å². The largest absolute Gasteiger partial charge is 0.446 e. The minimum atomic E-state index is -0.318. The number of carbonyl (C=O) groups excluding carboxylic acids is 1. The molecule has 1 aromatic rings. The highest BCUT2D eigenvalue weighted by Gasteiger charge is 2.20. The van der Waals surface area contributed by atoms with Gasteiger partial charge in [0.25, 0.3) is 0 Å². The maximum atomic E-state index is 11.6. The van der Waals surface area contributed by atoms with Crippen molar-refractivity contribution in [3.63, 3.8) is 0 Å². The fourth-order valence-corrected chi connectivity index (χ4v) is 2.10. The topological polar surface area (TPSA) is 51.2 Å². The van der Waals surface area contributed by atoms with Crippen molar-refractivity contribution in [1.29, 1.82) is 0 Å². The molecule has 0 unspecified atom stereocenters. The molecule has 0 saturated heterocycles. The molecule has 1 fully saturated rings. The molecule has 0 radical (unpaired) electrons. The number of hydrogen-bond donors (Lipinski definition) is 1. The van der Waals surface area contributed by atoms with E-state index >= 15 is 0 Å². The maximum Gasteiger partial charge on any atom is 0.407 e. The van der Waals surface area contributed by atoms with Crippen LogP contribution in [0.1, 0.15) is 44.2 Å². The summed E-state index contributed by atoms with van der Waals surface area (Å²) in [6.45, 7) is 1.94. The minimum absolute atomic E-state index is 0.0492. The lowest BCUT2D eigenvalue weighted by molar-refractivity contribution is 0.0984. The molecule has 4 heteroatoms. The van der Waals surface area contributed by atoms with Gasteiger partial charge in [-0.2, -0.15) is 0 Å². The van der Waals surface area contributed by atoms with Crippen LogP contribution in [0.2, 0.25) is 0 Å². The molecule has 17 heavy (non-hydrogen) atoms. The molecular formula is C13H18N2O2. The number of aromatic nitrogens is 1. The first-order chi connectivity index (χ1) is 8.25. The van der Waals surface area contributed by atoms with Gasteiger partial charge in [0.1, 0.15) is 6.10 Å². The minimum Gasteiger partial charge on any atom is -0.446 e. The number of alkyl carbamates (subject to hydrolysis) is 1. The van der Waals surface area contributed by atoms with Crippen LogP contribution in [-0.2, 0) is 4.74 Å². The van der Waals surface area contributed by atoms with E-state index in [4.69, 9.17) is 4.74 Å². The van der Waals surface area contributed by atoms with Crippen LogP contribution in [0.15, 0.2) is 24.5 Å². The van der Waals surface area contributed by atoms with Gasteiger partial charge in [0.15, 0.2) is 0 Å². The van der Waals surface area contributed by atoms with E-state index in [1.54, 1.807) is 12.4 Å². The van der Waals surface area contributed by atoms with Gasteiger partial charge in [0, 0.05) is 12.4 Å². The van der Waals surface area contributed by atoms with E-state index < -0.39 is 0 Å². The van der Waals surface area contributed by atoms with Gasteiger partial charge in [-0.1, -0.05) is 0 Å². The number of nitrogens with one attached hydrogen (secondary N) is 1. The first-order valence-electron chi connectivity index (χ1n) is 6.13. The van der Waals surface area contributed by atoms with Crippen LogP contribution in [0.25, 0.3) is 0 Å². The zero-order valence-corrected chi connectivity index (χ0v) is 10.1. The van der Waals surface area contributed by atoms with Gasteiger partial charge in [-0.25, -0.2) is 4.79 Å². The Hall–Kier alpha value is -1.58. The summed E-state index contributed by atoms with van der Waals surface area (Å²) in [5.74, 6) is 0. The molecule has 0 spiro atoms. The fourth-order valence-electron chi connectivity index (χ4n) is 2.10. The predicted octanol–water partition coefficient (Wildman–Crippen LogP) is 2.81. The molecule has 1 N–H and O–H groups in total. The van der Waals surface area contributed by atoms with E-state index in [2.05, 4.69) is 10.3 Å². The first kappa shape index (κ1) is 11.9. The molecule has 1 atom stereocenters. The van der Waals surface area contributed by atoms with Crippen molar-refractivity contribution in [2.45, 2.75) is 44.8 Å². The van der Waals surface area contributed by atoms with Gasteiger partial charge < -0.3 is 10.1 Å². The third-order valence-electron chi connectivity index (χ3n) is 3.12. The van der Waals surface area contributed by atoms with Gasteiger partial charge in [-0.3, -0.25) is 4.98 Å². The van der Waals surface area contributed by atoms with Crippen molar-refractivity contribution in [2.75, 3.05) is 0 Å². The Morgan fingerprint density at radius 3 is 2.71 bits per heavy atom. The van der Waals surface area contributed by atoms with Gasteiger partial charge in [0.2, 0.25) is 0 Å². The molecule has 0 aromatic carbocycles. The van der Waals surface area contributed by atoms with Crippen LogP contribution in [-0.4, -0.2) is 17.2 Å². The number of amides is 1. The van der Waals surface area contributed by atoms with Crippen LogP contribution in [0.3, 0.4) is 0 Å². The number of carbonyl (C=O) groups is 1. The van der Waals surface area contributed by atoms with Crippen molar-refractivity contribution >= 4 is 6.09 Å². The Kier molecular flexibility index (Phi) is 3.96. The van der Waals surface area contributed by atoms with E-state index in [-0.39, 0.29) is 18.2 Å². The highest BCUT2D eigenvalue weighted by molar-refractivity contribution is 5.68. The standard InChI is InChI=1S/C13H18N2O2/c1-10(11-6-8-14-9-7-11)15-13(16)17-12-4-2-3-5-12/h6-10,12H,2-5H2,1H3,(H,15,16)/t10-/m0/s1.